The number of allylic oxidation sites excluding steroid dienone is 4. The lowest BCUT2D eigenvalue weighted by Gasteiger charge is -2.07. The van der Waals surface area contributed by atoms with E-state index in [1.165, 1.54) is 11.6 Å². The molecule has 1 aromatic rings. The van der Waals surface area contributed by atoms with E-state index in [-0.39, 0.29) is 5.82 Å². The zero-order valence-electron chi connectivity index (χ0n) is 12.0. The maximum Gasteiger partial charge on any atom is 0.123 e. The van der Waals surface area contributed by atoms with Gasteiger partial charge in [-0.3, -0.25) is 0 Å². The normalized spacial score (nSPS) is 11.5. The SMILES string of the molecule is CCC/C(O)=C\C(CCc1cccc(F)c1)=C(C)C. The molecule has 0 aromatic heterocycles. The van der Waals surface area contributed by atoms with Gasteiger partial charge >= 0.3 is 0 Å². The van der Waals surface area contributed by atoms with Gasteiger partial charge in [0.05, 0.1) is 5.76 Å². The first-order chi connectivity index (χ1) is 9.02. The van der Waals surface area contributed by atoms with Gasteiger partial charge in [0.1, 0.15) is 5.82 Å². The van der Waals surface area contributed by atoms with Crippen molar-refractivity contribution in [3.05, 3.63) is 58.6 Å². The van der Waals surface area contributed by atoms with Crippen molar-refractivity contribution in [3.8, 4) is 0 Å². The van der Waals surface area contributed by atoms with Crippen LogP contribution in [0.2, 0.25) is 0 Å². The minimum absolute atomic E-state index is 0.194. The first-order valence-corrected chi connectivity index (χ1v) is 6.83. The van der Waals surface area contributed by atoms with Gasteiger partial charge in [0.2, 0.25) is 0 Å². The third-order valence-electron chi connectivity index (χ3n) is 3.06. The molecule has 0 unspecified atom stereocenters. The second kappa shape index (κ2) is 7.78. The van der Waals surface area contributed by atoms with Crippen LogP contribution in [0.3, 0.4) is 0 Å². The standard InChI is InChI=1S/C17H23FO/c1-4-6-17(19)12-15(13(2)3)10-9-14-7-5-8-16(18)11-14/h5,7-8,11-12,19H,4,6,9-10H2,1-3H3/b17-12+. The summed E-state index contributed by atoms with van der Waals surface area (Å²) in [6, 6.07) is 6.69. The summed E-state index contributed by atoms with van der Waals surface area (Å²) >= 11 is 0. The van der Waals surface area contributed by atoms with Crippen LogP contribution in [0.5, 0.6) is 0 Å². The Hall–Kier alpha value is -1.57. The molecule has 0 aliphatic carbocycles. The highest BCUT2D eigenvalue weighted by Crippen LogP contribution is 2.17. The second-order valence-electron chi connectivity index (χ2n) is 5.04. The van der Waals surface area contributed by atoms with Crippen molar-refractivity contribution < 1.29 is 9.50 Å². The average Bonchev–Trinajstić information content (AvgIpc) is 2.34. The van der Waals surface area contributed by atoms with E-state index in [2.05, 4.69) is 0 Å². The lowest BCUT2D eigenvalue weighted by Crippen LogP contribution is -1.92. The van der Waals surface area contributed by atoms with Gasteiger partial charge < -0.3 is 5.11 Å². The summed E-state index contributed by atoms with van der Waals surface area (Å²) in [5, 5.41) is 9.78. The first kappa shape index (κ1) is 15.5. The maximum atomic E-state index is 13.1. The number of hydrogen-bond acceptors (Lipinski definition) is 1. The molecule has 0 atom stereocenters. The Morgan fingerprint density at radius 3 is 2.58 bits per heavy atom. The maximum absolute atomic E-state index is 13.1. The monoisotopic (exact) mass is 262 g/mol. The molecule has 1 rings (SSSR count). The van der Waals surface area contributed by atoms with E-state index < -0.39 is 0 Å². The summed E-state index contributed by atoms with van der Waals surface area (Å²) in [7, 11) is 0. The summed E-state index contributed by atoms with van der Waals surface area (Å²) < 4.78 is 13.1. The third-order valence-corrected chi connectivity index (χ3v) is 3.06. The number of aliphatic hydroxyl groups excluding tert-OH is 1. The third kappa shape index (κ3) is 5.73. The smallest absolute Gasteiger partial charge is 0.123 e. The molecule has 0 radical (unpaired) electrons. The van der Waals surface area contributed by atoms with Crippen LogP contribution < -0.4 is 0 Å². The van der Waals surface area contributed by atoms with Gasteiger partial charge in [-0.25, -0.2) is 4.39 Å². The van der Waals surface area contributed by atoms with Gasteiger partial charge in [0.15, 0.2) is 0 Å². The lowest BCUT2D eigenvalue weighted by atomic mass is 10.00. The highest BCUT2D eigenvalue weighted by atomic mass is 19.1. The van der Waals surface area contributed by atoms with Gasteiger partial charge in [-0.1, -0.05) is 24.6 Å². The fourth-order valence-electron chi connectivity index (χ4n) is 1.97. The minimum atomic E-state index is -0.194. The fourth-order valence-corrected chi connectivity index (χ4v) is 1.97. The molecule has 104 valence electrons. The molecule has 1 aromatic carbocycles. The largest absolute Gasteiger partial charge is 0.512 e. The molecule has 0 saturated carbocycles. The fraction of sp³-hybridized carbons (Fsp3) is 0.412. The molecule has 0 spiro atoms. The number of hydrogen-bond donors (Lipinski definition) is 1. The Morgan fingerprint density at radius 1 is 1.26 bits per heavy atom. The van der Waals surface area contributed by atoms with Crippen molar-refractivity contribution in [2.45, 2.75) is 46.5 Å². The van der Waals surface area contributed by atoms with E-state index in [4.69, 9.17) is 0 Å². The van der Waals surface area contributed by atoms with Crippen molar-refractivity contribution >= 4 is 0 Å². The van der Waals surface area contributed by atoms with Crippen LogP contribution in [0, 0.1) is 5.82 Å². The van der Waals surface area contributed by atoms with Crippen LogP contribution in [0.15, 0.2) is 47.2 Å². The molecule has 0 aliphatic heterocycles. The lowest BCUT2D eigenvalue weighted by molar-refractivity contribution is 0.386. The Morgan fingerprint density at radius 2 is 2.00 bits per heavy atom. The molecule has 2 heteroatoms. The van der Waals surface area contributed by atoms with Gasteiger partial charge in [-0.05, 0) is 62.5 Å². The van der Waals surface area contributed by atoms with E-state index in [9.17, 15) is 9.50 Å². The van der Waals surface area contributed by atoms with Crippen molar-refractivity contribution in [1.82, 2.24) is 0 Å². The molecule has 19 heavy (non-hydrogen) atoms. The van der Waals surface area contributed by atoms with E-state index in [1.807, 2.05) is 32.9 Å². The van der Waals surface area contributed by atoms with Gasteiger partial charge in [-0.2, -0.15) is 0 Å². The second-order valence-corrected chi connectivity index (χ2v) is 5.04. The highest BCUT2D eigenvalue weighted by molar-refractivity contribution is 5.27. The Bertz CT molecular complexity index is 468. The zero-order valence-corrected chi connectivity index (χ0v) is 12.0. The van der Waals surface area contributed by atoms with Gasteiger partial charge in [0, 0.05) is 6.42 Å². The van der Waals surface area contributed by atoms with Crippen molar-refractivity contribution in [1.29, 1.82) is 0 Å². The van der Waals surface area contributed by atoms with Crippen LogP contribution >= 0.6 is 0 Å². The molecular weight excluding hydrogens is 239 g/mol. The van der Waals surface area contributed by atoms with Crippen LogP contribution in [0.1, 0.15) is 45.6 Å². The molecule has 0 heterocycles. The molecule has 0 fully saturated rings. The summed E-state index contributed by atoms with van der Waals surface area (Å²) in [6.07, 6.45) is 5.10. The van der Waals surface area contributed by atoms with E-state index >= 15 is 0 Å². The molecule has 0 saturated heterocycles. The summed E-state index contributed by atoms with van der Waals surface area (Å²) in [5.74, 6) is 0.235. The van der Waals surface area contributed by atoms with Gasteiger partial charge in [-0.15, -0.1) is 0 Å². The van der Waals surface area contributed by atoms with Crippen molar-refractivity contribution in [3.63, 3.8) is 0 Å². The van der Waals surface area contributed by atoms with E-state index in [0.717, 1.165) is 30.4 Å². The molecule has 1 N–H and O–H groups in total. The molecule has 0 bridgehead atoms. The summed E-state index contributed by atoms with van der Waals surface area (Å²) in [5.41, 5.74) is 3.32. The number of aliphatic hydroxyl groups is 1. The molecule has 0 aliphatic rings. The highest BCUT2D eigenvalue weighted by Gasteiger charge is 2.02. The summed E-state index contributed by atoms with van der Waals surface area (Å²) in [4.78, 5) is 0. The molecular formula is C17H23FO. The number of aryl methyl sites for hydroxylation is 1. The van der Waals surface area contributed by atoms with Gasteiger partial charge in [0.25, 0.3) is 0 Å². The number of halogens is 1. The van der Waals surface area contributed by atoms with Crippen LogP contribution in [-0.4, -0.2) is 5.11 Å². The van der Waals surface area contributed by atoms with Crippen LogP contribution in [-0.2, 0) is 6.42 Å². The molecule has 1 nitrogen and oxygen atoms in total. The Labute approximate surface area is 115 Å². The van der Waals surface area contributed by atoms with E-state index in [0.29, 0.717) is 12.2 Å². The predicted octanol–water partition coefficient (Wildman–Crippen LogP) is 5.34. The quantitative estimate of drug-likeness (QED) is 0.542. The zero-order chi connectivity index (χ0) is 14.3. The predicted molar refractivity (Wildman–Crippen MR) is 78.7 cm³/mol. The van der Waals surface area contributed by atoms with E-state index in [1.54, 1.807) is 12.1 Å². The topological polar surface area (TPSA) is 20.2 Å². The van der Waals surface area contributed by atoms with Crippen molar-refractivity contribution in [2.75, 3.05) is 0 Å². The number of benzene rings is 1. The van der Waals surface area contributed by atoms with Crippen LogP contribution in [0.4, 0.5) is 4.39 Å². The average molecular weight is 262 g/mol. The first-order valence-electron chi connectivity index (χ1n) is 6.83. The molecule has 0 amide bonds. The Balaban J connectivity index is 2.71. The van der Waals surface area contributed by atoms with Crippen molar-refractivity contribution in [2.24, 2.45) is 0 Å². The number of rotatable bonds is 6. The van der Waals surface area contributed by atoms with Crippen LogP contribution in [0.25, 0.3) is 0 Å². The Kier molecular flexibility index (Phi) is 6.34. The summed E-state index contributed by atoms with van der Waals surface area (Å²) in [6.45, 7) is 6.12. The minimum Gasteiger partial charge on any atom is -0.512 e.